The highest BCUT2D eigenvalue weighted by atomic mass is 32.2. The number of oxazole rings is 1. The van der Waals surface area contributed by atoms with Crippen LogP contribution < -0.4 is 9.64 Å². The number of ether oxygens (including phenoxy) is 1. The third-order valence-corrected chi connectivity index (χ3v) is 5.83. The van der Waals surface area contributed by atoms with Crippen LogP contribution in [0.5, 0.6) is 5.75 Å². The molecule has 3 aromatic rings. The number of rotatable bonds is 4. The number of anilines is 1. The van der Waals surface area contributed by atoms with Crippen LogP contribution in [0.2, 0.25) is 0 Å². The topological polar surface area (TPSA) is 55.6 Å². The second kappa shape index (κ2) is 7.90. The molecule has 2 aromatic carbocycles. The van der Waals surface area contributed by atoms with Crippen LogP contribution in [0.4, 0.5) is 18.9 Å². The second-order valence-electron chi connectivity index (χ2n) is 6.46. The zero-order chi connectivity index (χ0) is 20.4. The first-order valence-corrected chi connectivity index (χ1v) is 10.4. The molecule has 0 amide bonds. The van der Waals surface area contributed by atoms with Gasteiger partial charge in [0.2, 0.25) is 5.89 Å². The summed E-state index contributed by atoms with van der Waals surface area (Å²) in [7, 11) is -0.738. The Morgan fingerprint density at radius 1 is 1.03 bits per heavy atom. The fourth-order valence-corrected chi connectivity index (χ4v) is 4.18. The van der Waals surface area contributed by atoms with Gasteiger partial charge in [0.25, 0.3) is 0 Å². The van der Waals surface area contributed by atoms with Crippen LogP contribution in [-0.2, 0) is 10.8 Å². The molecule has 5 nitrogen and oxygen atoms in total. The summed E-state index contributed by atoms with van der Waals surface area (Å²) in [5.74, 6) is 0.996. The summed E-state index contributed by atoms with van der Waals surface area (Å²) in [5.41, 5.74) is 2.43. The van der Waals surface area contributed by atoms with E-state index < -0.39 is 17.2 Å². The van der Waals surface area contributed by atoms with Gasteiger partial charge in [-0.1, -0.05) is 24.3 Å². The van der Waals surface area contributed by atoms with Gasteiger partial charge < -0.3 is 14.1 Å². The number of para-hydroxylation sites is 1. The molecular formula is C20H17F3N2O3S. The molecule has 1 saturated heterocycles. The van der Waals surface area contributed by atoms with Crippen molar-refractivity contribution in [1.82, 2.24) is 4.98 Å². The highest BCUT2D eigenvalue weighted by Gasteiger charge is 2.32. The van der Waals surface area contributed by atoms with Crippen molar-refractivity contribution < 1.29 is 26.5 Å². The van der Waals surface area contributed by atoms with E-state index in [0.29, 0.717) is 17.2 Å². The molecule has 0 aliphatic carbocycles. The Labute approximate surface area is 167 Å². The lowest BCUT2D eigenvalue weighted by Crippen LogP contribution is -2.37. The minimum atomic E-state index is -4.80. The Morgan fingerprint density at radius 2 is 1.72 bits per heavy atom. The van der Waals surface area contributed by atoms with Crippen LogP contribution >= 0.6 is 0 Å². The molecule has 0 N–H and O–H groups in total. The molecule has 9 heteroatoms. The van der Waals surface area contributed by atoms with Gasteiger partial charge in [0.05, 0.1) is 5.56 Å². The average molecular weight is 422 g/mol. The van der Waals surface area contributed by atoms with E-state index in [9.17, 15) is 17.4 Å². The number of aromatic nitrogens is 1. The molecule has 0 atom stereocenters. The first kappa shape index (κ1) is 19.5. The van der Waals surface area contributed by atoms with Crippen LogP contribution in [0.15, 0.2) is 59.2 Å². The Morgan fingerprint density at radius 3 is 2.41 bits per heavy atom. The maximum Gasteiger partial charge on any atom is 0.573 e. The lowest BCUT2D eigenvalue weighted by molar-refractivity contribution is -0.274. The molecule has 4 rings (SSSR count). The Hall–Kier alpha value is -2.81. The molecule has 1 aliphatic heterocycles. The van der Waals surface area contributed by atoms with Crippen molar-refractivity contribution in [2.45, 2.75) is 6.36 Å². The molecule has 0 bridgehead atoms. The summed E-state index contributed by atoms with van der Waals surface area (Å²) < 4.78 is 58.9. The van der Waals surface area contributed by atoms with Crippen LogP contribution in [0.25, 0.3) is 22.7 Å². The van der Waals surface area contributed by atoms with E-state index in [4.69, 9.17) is 4.42 Å². The molecule has 0 unspecified atom stereocenters. The van der Waals surface area contributed by atoms with Gasteiger partial charge in [0, 0.05) is 46.6 Å². The SMILES string of the molecule is O=S1CCN(c2ccc(-c3coc(-c4ccccc4OC(F)(F)F)n3)cc2)CC1. The quantitative estimate of drug-likeness (QED) is 0.621. The van der Waals surface area contributed by atoms with Gasteiger partial charge in [-0.2, -0.15) is 0 Å². The molecule has 0 spiro atoms. The molecular weight excluding hydrogens is 405 g/mol. The molecule has 0 radical (unpaired) electrons. The van der Waals surface area contributed by atoms with Gasteiger partial charge in [-0.15, -0.1) is 13.2 Å². The van der Waals surface area contributed by atoms with Gasteiger partial charge in [0.15, 0.2) is 0 Å². The van der Waals surface area contributed by atoms with E-state index in [1.54, 1.807) is 6.07 Å². The third-order valence-electron chi connectivity index (χ3n) is 4.55. The zero-order valence-corrected chi connectivity index (χ0v) is 16.0. The predicted octanol–water partition coefficient (Wildman–Crippen LogP) is 4.48. The normalized spacial score (nSPS) is 15.5. The lowest BCUT2D eigenvalue weighted by atomic mass is 10.1. The minimum Gasteiger partial charge on any atom is -0.444 e. The highest BCUT2D eigenvalue weighted by Crippen LogP contribution is 2.34. The molecule has 1 fully saturated rings. The molecule has 152 valence electrons. The maximum absolute atomic E-state index is 12.6. The van der Waals surface area contributed by atoms with Crippen LogP contribution in [-0.4, -0.2) is 40.2 Å². The Kier molecular flexibility index (Phi) is 5.31. The van der Waals surface area contributed by atoms with Crippen molar-refractivity contribution >= 4 is 16.5 Å². The first-order chi connectivity index (χ1) is 13.9. The summed E-state index contributed by atoms with van der Waals surface area (Å²) in [6, 6.07) is 13.3. The van der Waals surface area contributed by atoms with Crippen molar-refractivity contribution in [2.75, 3.05) is 29.5 Å². The number of alkyl halides is 3. The highest BCUT2D eigenvalue weighted by molar-refractivity contribution is 7.85. The van der Waals surface area contributed by atoms with Crippen molar-refractivity contribution in [3.8, 4) is 28.5 Å². The van der Waals surface area contributed by atoms with E-state index in [1.165, 1.54) is 24.5 Å². The van der Waals surface area contributed by atoms with Crippen LogP contribution in [0, 0.1) is 0 Å². The van der Waals surface area contributed by atoms with Crippen molar-refractivity contribution in [2.24, 2.45) is 0 Å². The molecule has 2 heterocycles. The minimum absolute atomic E-state index is 0.0439. The summed E-state index contributed by atoms with van der Waals surface area (Å²) in [6.45, 7) is 1.49. The first-order valence-electron chi connectivity index (χ1n) is 8.90. The number of benzene rings is 2. The average Bonchev–Trinajstić information content (AvgIpc) is 3.18. The summed E-state index contributed by atoms with van der Waals surface area (Å²) in [5, 5.41) is 0. The van der Waals surface area contributed by atoms with Crippen molar-refractivity contribution in [1.29, 1.82) is 0 Å². The van der Waals surface area contributed by atoms with E-state index >= 15 is 0 Å². The molecule has 0 saturated carbocycles. The van der Waals surface area contributed by atoms with Gasteiger partial charge in [-0.25, -0.2) is 4.98 Å². The fraction of sp³-hybridized carbons (Fsp3) is 0.250. The van der Waals surface area contributed by atoms with Crippen LogP contribution in [0.3, 0.4) is 0 Å². The predicted molar refractivity (Wildman–Crippen MR) is 104 cm³/mol. The standard InChI is InChI=1S/C20H17F3N2O3S/c21-20(22,23)28-18-4-2-1-3-16(18)19-24-17(13-27-19)14-5-7-15(8-6-14)25-9-11-29(26)12-10-25/h1-8,13H,9-12H2. The smallest absolute Gasteiger partial charge is 0.444 e. The molecule has 29 heavy (non-hydrogen) atoms. The largest absolute Gasteiger partial charge is 0.573 e. The van der Waals surface area contributed by atoms with E-state index in [0.717, 1.165) is 24.3 Å². The Balaban J connectivity index is 1.55. The molecule has 1 aliphatic rings. The molecule has 1 aromatic heterocycles. The third kappa shape index (κ3) is 4.61. The van der Waals surface area contributed by atoms with Gasteiger partial charge in [-0.05, 0) is 24.3 Å². The maximum atomic E-state index is 12.6. The summed E-state index contributed by atoms with van der Waals surface area (Å²) >= 11 is 0. The zero-order valence-electron chi connectivity index (χ0n) is 15.2. The number of hydrogen-bond acceptors (Lipinski definition) is 5. The summed E-state index contributed by atoms with van der Waals surface area (Å²) in [6.07, 6.45) is -3.40. The van der Waals surface area contributed by atoms with E-state index in [-0.39, 0.29) is 17.2 Å². The van der Waals surface area contributed by atoms with E-state index in [2.05, 4.69) is 14.6 Å². The monoisotopic (exact) mass is 422 g/mol. The Bertz CT molecular complexity index is 1010. The summed E-state index contributed by atoms with van der Waals surface area (Å²) in [4.78, 5) is 6.50. The van der Waals surface area contributed by atoms with Crippen LogP contribution in [0.1, 0.15) is 0 Å². The number of nitrogens with zero attached hydrogens (tertiary/aromatic N) is 2. The van der Waals surface area contributed by atoms with Gasteiger partial charge in [0.1, 0.15) is 17.7 Å². The van der Waals surface area contributed by atoms with Gasteiger partial charge in [-0.3, -0.25) is 4.21 Å². The van der Waals surface area contributed by atoms with Gasteiger partial charge >= 0.3 is 6.36 Å². The fourth-order valence-electron chi connectivity index (χ4n) is 3.13. The van der Waals surface area contributed by atoms with Crippen molar-refractivity contribution in [3.63, 3.8) is 0 Å². The lowest BCUT2D eigenvalue weighted by Gasteiger charge is -2.28. The number of hydrogen-bond donors (Lipinski definition) is 0. The van der Waals surface area contributed by atoms with E-state index in [1.807, 2.05) is 24.3 Å². The second-order valence-corrected chi connectivity index (χ2v) is 8.16. The number of halogens is 3. The van der Waals surface area contributed by atoms with Crippen molar-refractivity contribution in [3.05, 3.63) is 54.8 Å².